The van der Waals surface area contributed by atoms with Gasteiger partial charge in [-0.2, -0.15) is 10.4 Å². The molecule has 0 spiro atoms. The SMILES string of the molecule is N#C/C(=N\Nc1cccc(Oc2ccccn2)c1)C(=N)N. The Balaban J connectivity index is 2.12. The number of rotatable bonds is 5. The van der Waals surface area contributed by atoms with Gasteiger partial charge in [0.2, 0.25) is 11.6 Å². The molecule has 0 saturated carbocycles. The number of nitriles is 1. The Morgan fingerprint density at radius 1 is 1.33 bits per heavy atom. The summed E-state index contributed by atoms with van der Waals surface area (Å²) in [5.74, 6) is 0.640. The van der Waals surface area contributed by atoms with E-state index in [9.17, 15) is 0 Å². The van der Waals surface area contributed by atoms with Gasteiger partial charge in [-0.3, -0.25) is 10.8 Å². The Labute approximate surface area is 121 Å². The molecular weight excluding hydrogens is 268 g/mol. The van der Waals surface area contributed by atoms with E-state index in [4.69, 9.17) is 21.1 Å². The third-order valence-corrected chi connectivity index (χ3v) is 2.35. The van der Waals surface area contributed by atoms with E-state index in [0.717, 1.165) is 0 Å². The van der Waals surface area contributed by atoms with Crippen LogP contribution >= 0.6 is 0 Å². The zero-order chi connectivity index (χ0) is 15.1. The van der Waals surface area contributed by atoms with Gasteiger partial charge < -0.3 is 10.5 Å². The number of aromatic nitrogens is 1. The molecule has 2 rings (SSSR count). The first kappa shape index (κ1) is 14.0. The fourth-order valence-electron chi connectivity index (χ4n) is 1.42. The summed E-state index contributed by atoms with van der Waals surface area (Å²) in [6.45, 7) is 0. The van der Waals surface area contributed by atoms with Crippen LogP contribution in [-0.4, -0.2) is 16.5 Å². The number of anilines is 1. The molecule has 2 aromatic rings. The lowest BCUT2D eigenvalue weighted by molar-refractivity contribution is 0.463. The molecule has 0 amide bonds. The number of nitrogens with zero attached hydrogens (tertiary/aromatic N) is 3. The summed E-state index contributed by atoms with van der Waals surface area (Å²) >= 11 is 0. The first-order valence-electron chi connectivity index (χ1n) is 5.96. The van der Waals surface area contributed by atoms with Crippen LogP contribution in [0.2, 0.25) is 0 Å². The number of hydrazone groups is 1. The van der Waals surface area contributed by atoms with E-state index in [1.54, 1.807) is 48.7 Å². The van der Waals surface area contributed by atoms with Crippen molar-refractivity contribution in [1.82, 2.24) is 4.98 Å². The van der Waals surface area contributed by atoms with Gasteiger partial charge >= 0.3 is 0 Å². The van der Waals surface area contributed by atoms with Gasteiger partial charge in [0.25, 0.3) is 0 Å². The molecule has 0 aliphatic carbocycles. The Bertz CT molecular complexity index is 705. The van der Waals surface area contributed by atoms with Crippen LogP contribution in [0.25, 0.3) is 0 Å². The van der Waals surface area contributed by atoms with E-state index >= 15 is 0 Å². The van der Waals surface area contributed by atoms with Crippen LogP contribution in [-0.2, 0) is 0 Å². The monoisotopic (exact) mass is 280 g/mol. The van der Waals surface area contributed by atoms with E-state index in [1.165, 1.54) is 0 Å². The van der Waals surface area contributed by atoms with E-state index < -0.39 is 5.84 Å². The van der Waals surface area contributed by atoms with Gasteiger partial charge in [0, 0.05) is 18.3 Å². The highest BCUT2D eigenvalue weighted by atomic mass is 16.5. The molecule has 1 aromatic heterocycles. The Morgan fingerprint density at radius 2 is 2.19 bits per heavy atom. The molecule has 0 radical (unpaired) electrons. The van der Waals surface area contributed by atoms with Gasteiger partial charge in [-0.05, 0) is 18.2 Å². The highest BCUT2D eigenvalue weighted by Gasteiger charge is 2.02. The number of hydrogen-bond acceptors (Lipinski definition) is 6. The molecule has 1 aromatic carbocycles. The van der Waals surface area contributed by atoms with Crippen molar-refractivity contribution in [2.45, 2.75) is 0 Å². The summed E-state index contributed by atoms with van der Waals surface area (Å²) in [5, 5.41) is 19.7. The minimum Gasteiger partial charge on any atom is -0.439 e. The largest absolute Gasteiger partial charge is 0.439 e. The third-order valence-electron chi connectivity index (χ3n) is 2.35. The molecule has 1 heterocycles. The summed E-state index contributed by atoms with van der Waals surface area (Å²) in [4.78, 5) is 4.06. The van der Waals surface area contributed by atoms with Crippen LogP contribution in [0.1, 0.15) is 0 Å². The predicted molar refractivity (Wildman–Crippen MR) is 79.3 cm³/mol. The van der Waals surface area contributed by atoms with Crippen molar-refractivity contribution in [2.75, 3.05) is 5.43 Å². The number of amidine groups is 1. The van der Waals surface area contributed by atoms with E-state index in [1.807, 2.05) is 6.07 Å². The van der Waals surface area contributed by atoms with Gasteiger partial charge in [0.05, 0.1) is 5.69 Å². The molecule has 0 atom stereocenters. The molecule has 21 heavy (non-hydrogen) atoms. The van der Waals surface area contributed by atoms with Gasteiger partial charge in [-0.25, -0.2) is 4.98 Å². The average molecular weight is 280 g/mol. The fraction of sp³-hybridized carbons (Fsp3) is 0. The predicted octanol–water partition coefficient (Wildman–Crippen LogP) is 2.10. The average Bonchev–Trinajstić information content (AvgIpc) is 2.49. The normalized spacial score (nSPS) is 10.5. The smallest absolute Gasteiger partial charge is 0.219 e. The van der Waals surface area contributed by atoms with Gasteiger partial charge in [0.1, 0.15) is 11.8 Å². The number of hydrogen-bond donors (Lipinski definition) is 3. The Morgan fingerprint density at radius 3 is 2.86 bits per heavy atom. The molecule has 104 valence electrons. The van der Waals surface area contributed by atoms with E-state index in [-0.39, 0.29) is 5.71 Å². The van der Waals surface area contributed by atoms with Crippen LogP contribution < -0.4 is 15.9 Å². The van der Waals surface area contributed by atoms with Crippen LogP contribution in [0.15, 0.2) is 53.8 Å². The molecule has 4 N–H and O–H groups in total. The van der Waals surface area contributed by atoms with Crippen molar-refractivity contribution in [3.05, 3.63) is 48.7 Å². The van der Waals surface area contributed by atoms with Crippen molar-refractivity contribution in [3.63, 3.8) is 0 Å². The third kappa shape index (κ3) is 4.04. The number of pyridine rings is 1. The molecule has 0 aliphatic rings. The molecule has 0 bridgehead atoms. The zero-order valence-corrected chi connectivity index (χ0v) is 10.9. The lowest BCUT2D eigenvalue weighted by Gasteiger charge is -2.06. The maximum atomic E-state index is 8.75. The Hall–Kier alpha value is -3.40. The summed E-state index contributed by atoms with van der Waals surface area (Å²) in [5.41, 5.74) is 8.25. The maximum Gasteiger partial charge on any atom is 0.219 e. The van der Waals surface area contributed by atoms with Gasteiger partial charge in [0.15, 0.2) is 5.84 Å². The second-order valence-corrected chi connectivity index (χ2v) is 3.90. The highest BCUT2D eigenvalue weighted by Crippen LogP contribution is 2.22. The van der Waals surface area contributed by atoms with Crippen LogP contribution in [0.3, 0.4) is 0 Å². The van der Waals surface area contributed by atoms with Gasteiger partial charge in [-0.1, -0.05) is 12.1 Å². The lowest BCUT2D eigenvalue weighted by Crippen LogP contribution is -2.21. The molecule has 0 saturated heterocycles. The molecule has 0 unspecified atom stereocenters. The topological polar surface area (TPSA) is 120 Å². The number of benzene rings is 1. The highest BCUT2D eigenvalue weighted by molar-refractivity contribution is 6.45. The first-order chi connectivity index (χ1) is 10.2. The lowest BCUT2D eigenvalue weighted by atomic mass is 10.3. The van der Waals surface area contributed by atoms with Crippen LogP contribution in [0.5, 0.6) is 11.6 Å². The quantitative estimate of drug-likeness (QED) is 0.440. The summed E-state index contributed by atoms with van der Waals surface area (Å²) in [6, 6.07) is 14.0. The number of ether oxygens (including phenoxy) is 1. The summed E-state index contributed by atoms with van der Waals surface area (Å²) in [6.07, 6.45) is 1.63. The molecule has 0 aliphatic heterocycles. The number of nitrogens with two attached hydrogens (primary N) is 1. The van der Waals surface area contributed by atoms with Crippen molar-refractivity contribution < 1.29 is 4.74 Å². The zero-order valence-electron chi connectivity index (χ0n) is 10.9. The number of nitrogens with one attached hydrogen (secondary N) is 2. The van der Waals surface area contributed by atoms with Crippen LogP contribution in [0, 0.1) is 16.7 Å². The van der Waals surface area contributed by atoms with E-state index in [2.05, 4.69) is 15.5 Å². The molecule has 0 fully saturated rings. The van der Waals surface area contributed by atoms with Crippen molar-refractivity contribution in [3.8, 4) is 17.7 Å². The van der Waals surface area contributed by atoms with Crippen molar-refractivity contribution >= 4 is 17.2 Å². The fourth-order valence-corrected chi connectivity index (χ4v) is 1.42. The second kappa shape index (κ2) is 6.68. The second-order valence-electron chi connectivity index (χ2n) is 3.90. The van der Waals surface area contributed by atoms with Crippen molar-refractivity contribution in [1.29, 1.82) is 10.7 Å². The van der Waals surface area contributed by atoms with Gasteiger partial charge in [-0.15, -0.1) is 0 Å². The molecule has 7 nitrogen and oxygen atoms in total. The van der Waals surface area contributed by atoms with Crippen LogP contribution in [0.4, 0.5) is 5.69 Å². The molecular formula is C14H12N6O. The standard InChI is InChI=1S/C14H12N6O/c15-9-12(14(16)17)20-19-10-4-3-5-11(8-10)21-13-6-1-2-7-18-13/h1-8,19H,(H3,16,17)/b20-12+. The first-order valence-corrected chi connectivity index (χ1v) is 5.96. The minimum atomic E-state index is -0.397. The minimum absolute atomic E-state index is 0.189. The maximum absolute atomic E-state index is 8.75. The van der Waals surface area contributed by atoms with Crippen molar-refractivity contribution in [2.24, 2.45) is 10.8 Å². The molecule has 7 heteroatoms. The Kier molecular flexibility index (Phi) is 4.46. The summed E-state index contributed by atoms with van der Waals surface area (Å²) < 4.78 is 5.57. The summed E-state index contributed by atoms with van der Waals surface area (Å²) in [7, 11) is 0. The van der Waals surface area contributed by atoms with E-state index in [0.29, 0.717) is 17.3 Å².